The van der Waals surface area contributed by atoms with Gasteiger partial charge in [-0.3, -0.25) is 0 Å². The number of benzene rings is 2. The van der Waals surface area contributed by atoms with Gasteiger partial charge < -0.3 is 16.0 Å². The molecule has 2 heterocycles. The first kappa shape index (κ1) is 16.3. The van der Waals surface area contributed by atoms with Gasteiger partial charge in [-0.15, -0.1) is 0 Å². The Bertz CT molecular complexity index is 942. The Labute approximate surface area is 152 Å². The van der Waals surface area contributed by atoms with Gasteiger partial charge >= 0.3 is 6.03 Å². The van der Waals surface area contributed by atoms with Gasteiger partial charge in [0.1, 0.15) is 0 Å². The molecule has 3 N–H and O–H groups in total. The SMILES string of the molecule is NC(=O)NCC1CCN(c2nccc(-c3ccc4ccccc4c3)n2)C1. The molecule has 0 radical (unpaired) electrons. The number of amides is 2. The first-order valence-corrected chi connectivity index (χ1v) is 8.79. The van der Waals surface area contributed by atoms with E-state index in [1.54, 1.807) is 0 Å². The number of rotatable bonds is 4. The van der Waals surface area contributed by atoms with Gasteiger partial charge in [-0.1, -0.05) is 36.4 Å². The van der Waals surface area contributed by atoms with E-state index in [1.807, 2.05) is 24.4 Å². The Hall–Kier alpha value is -3.15. The van der Waals surface area contributed by atoms with Crippen LogP contribution < -0.4 is 16.0 Å². The molecule has 1 saturated heterocycles. The minimum absolute atomic E-state index is 0.371. The second-order valence-electron chi connectivity index (χ2n) is 6.65. The number of hydrogen-bond acceptors (Lipinski definition) is 4. The van der Waals surface area contributed by atoms with E-state index in [1.165, 1.54) is 10.8 Å². The largest absolute Gasteiger partial charge is 0.352 e. The maximum atomic E-state index is 10.9. The maximum Gasteiger partial charge on any atom is 0.312 e. The number of hydrogen-bond donors (Lipinski definition) is 2. The molecular formula is C20H21N5O. The van der Waals surface area contributed by atoms with Crippen LogP contribution in [0.15, 0.2) is 54.7 Å². The van der Waals surface area contributed by atoms with Crippen molar-refractivity contribution < 1.29 is 4.79 Å². The van der Waals surface area contributed by atoms with Gasteiger partial charge in [0, 0.05) is 31.4 Å². The molecule has 132 valence electrons. The Kier molecular flexibility index (Phi) is 4.39. The second-order valence-corrected chi connectivity index (χ2v) is 6.65. The number of carbonyl (C=O) groups excluding carboxylic acids is 1. The first-order chi connectivity index (χ1) is 12.7. The van der Waals surface area contributed by atoms with E-state index in [2.05, 4.69) is 45.5 Å². The van der Waals surface area contributed by atoms with Crippen LogP contribution in [0.3, 0.4) is 0 Å². The van der Waals surface area contributed by atoms with E-state index in [-0.39, 0.29) is 0 Å². The Balaban J connectivity index is 1.54. The van der Waals surface area contributed by atoms with Crippen molar-refractivity contribution in [3.8, 4) is 11.3 Å². The van der Waals surface area contributed by atoms with Crippen LogP contribution in [0.4, 0.5) is 10.7 Å². The number of carbonyl (C=O) groups is 1. The summed E-state index contributed by atoms with van der Waals surface area (Å²) in [5.41, 5.74) is 7.15. The molecule has 0 bridgehead atoms. The van der Waals surface area contributed by atoms with Crippen molar-refractivity contribution in [3.05, 3.63) is 54.7 Å². The van der Waals surface area contributed by atoms with Gasteiger partial charge in [0.2, 0.25) is 5.95 Å². The Morgan fingerprint density at radius 2 is 2.04 bits per heavy atom. The quantitative estimate of drug-likeness (QED) is 0.760. The van der Waals surface area contributed by atoms with Crippen molar-refractivity contribution in [2.24, 2.45) is 11.7 Å². The molecule has 1 aliphatic rings. The first-order valence-electron chi connectivity index (χ1n) is 8.79. The highest BCUT2D eigenvalue weighted by atomic mass is 16.2. The summed E-state index contributed by atoms with van der Waals surface area (Å²) in [6.45, 7) is 2.30. The molecule has 3 aromatic rings. The maximum absolute atomic E-state index is 10.9. The zero-order valence-electron chi connectivity index (χ0n) is 14.4. The van der Waals surface area contributed by atoms with Crippen LogP contribution >= 0.6 is 0 Å². The topological polar surface area (TPSA) is 84.1 Å². The van der Waals surface area contributed by atoms with Crippen molar-refractivity contribution in [1.82, 2.24) is 15.3 Å². The van der Waals surface area contributed by atoms with E-state index >= 15 is 0 Å². The van der Waals surface area contributed by atoms with Gasteiger partial charge in [-0.05, 0) is 35.2 Å². The lowest BCUT2D eigenvalue weighted by atomic mass is 10.1. The number of nitrogens with two attached hydrogens (primary N) is 1. The highest BCUT2D eigenvalue weighted by molar-refractivity contribution is 5.86. The second kappa shape index (κ2) is 7.00. The number of anilines is 1. The third-order valence-electron chi connectivity index (χ3n) is 4.82. The van der Waals surface area contributed by atoms with Crippen LogP contribution in [0.25, 0.3) is 22.0 Å². The van der Waals surface area contributed by atoms with Crippen molar-refractivity contribution in [1.29, 1.82) is 0 Å². The highest BCUT2D eigenvalue weighted by Gasteiger charge is 2.24. The number of nitrogens with one attached hydrogen (secondary N) is 1. The molecule has 2 amide bonds. The minimum atomic E-state index is -0.474. The molecule has 1 atom stereocenters. The van der Waals surface area contributed by atoms with Crippen LogP contribution in [0.1, 0.15) is 6.42 Å². The van der Waals surface area contributed by atoms with E-state index < -0.39 is 6.03 Å². The summed E-state index contributed by atoms with van der Waals surface area (Å²) in [7, 11) is 0. The molecule has 4 rings (SSSR count). The lowest BCUT2D eigenvalue weighted by Crippen LogP contribution is -2.34. The third-order valence-corrected chi connectivity index (χ3v) is 4.82. The zero-order chi connectivity index (χ0) is 17.9. The predicted molar refractivity (Wildman–Crippen MR) is 103 cm³/mol. The summed E-state index contributed by atoms with van der Waals surface area (Å²) in [4.78, 5) is 22.2. The number of nitrogens with zero attached hydrogens (tertiary/aromatic N) is 3. The van der Waals surface area contributed by atoms with Gasteiger partial charge in [0.25, 0.3) is 0 Å². The Morgan fingerprint density at radius 3 is 2.88 bits per heavy atom. The van der Waals surface area contributed by atoms with Gasteiger partial charge in [-0.25, -0.2) is 14.8 Å². The van der Waals surface area contributed by atoms with Crippen molar-refractivity contribution in [2.45, 2.75) is 6.42 Å². The van der Waals surface area contributed by atoms with Crippen LogP contribution in [-0.4, -0.2) is 35.6 Å². The average Bonchev–Trinajstić information content (AvgIpc) is 3.15. The van der Waals surface area contributed by atoms with Crippen molar-refractivity contribution >= 4 is 22.8 Å². The summed E-state index contributed by atoms with van der Waals surface area (Å²) in [5.74, 6) is 1.10. The summed E-state index contributed by atoms with van der Waals surface area (Å²) >= 11 is 0. The van der Waals surface area contributed by atoms with Crippen LogP contribution in [-0.2, 0) is 0 Å². The van der Waals surface area contributed by atoms with E-state index in [9.17, 15) is 4.79 Å². The van der Waals surface area contributed by atoms with Gasteiger partial charge in [0.05, 0.1) is 5.69 Å². The molecule has 2 aromatic carbocycles. The van der Waals surface area contributed by atoms with E-state index in [0.717, 1.165) is 36.7 Å². The van der Waals surface area contributed by atoms with Crippen LogP contribution in [0.2, 0.25) is 0 Å². The number of fused-ring (bicyclic) bond motifs is 1. The molecule has 1 aromatic heterocycles. The lowest BCUT2D eigenvalue weighted by Gasteiger charge is -2.17. The lowest BCUT2D eigenvalue weighted by molar-refractivity contribution is 0.247. The predicted octanol–water partition coefficient (Wildman–Crippen LogP) is 2.79. The fourth-order valence-electron chi connectivity index (χ4n) is 3.44. The standard InChI is InChI=1S/C20H21N5O/c21-19(26)23-12-14-8-10-25(13-14)20-22-9-7-18(24-20)17-6-5-15-3-1-2-4-16(15)11-17/h1-7,9,11,14H,8,10,12-13H2,(H3,21,23,26). The van der Waals surface area contributed by atoms with Gasteiger partial charge in [-0.2, -0.15) is 0 Å². The van der Waals surface area contributed by atoms with Crippen molar-refractivity contribution in [2.75, 3.05) is 24.5 Å². The molecule has 0 saturated carbocycles. The molecule has 1 fully saturated rings. The average molecular weight is 347 g/mol. The van der Waals surface area contributed by atoms with E-state index in [0.29, 0.717) is 12.5 Å². The molecule has 1 unspecified atom stereocenters. The fraction of sp³-hybridized carbons (Fsp3) is 0.250. The number of primary amides is 1. The number of urea groups is 1. The smallest absolute Gasteiger partial charge is 0.312 e. The summed E-state index contributed by atoms with van der Waals surface area (Å²) in [6, 6.07) is 16.1. The highest BCUT2D eigenvalue weighted by Crippen LogP contribution is 2.26. The fourth-order valence-corrected chi connectivity index (χ4v) is 3.44. The monoisotopic (exact) mass is 347 g/mol. The van der Waals surface area contributed by atoms with Crippen molar-refractivity contribution in [3.63, 3.8) is 0 Å². The molecule has 0 aliphatic carbocycles. The summed E-state index contributed by atoms with van der Waals surface area (Å²) in [6.07, 6.45) is 2.80. The summed E-state index contributed by atoms with van der Waals surface area (Å²) < 4.78 is 0. The molecule has 26 heavy (non-hydrogen) atoms. The number of aromatic nitrogens is 2. The van der Waals surface area contributed by atoms with Gasteiger partial charge in [0.15, 0.2) is 0 Å². The molecular weight excluding hydrogens is 326 g/mol. The third kappa shape index (κ3) is 3.44. The normalized spacial score (nSPS) is 16.8. The minimum Gasteiger partial charge on any atom is -0.352 e. The van der Waals surface area contributed by atoms with Crippen LogP contribution in [0, 0.1) is 5.92 Å². The Morgan fingerprint density at radius 1 is 1.19 bits per heavy atom. The molecule has 6 nitrogen and oxygen atoms in total. The molecule has 1 aliphatic heterocycles. The molecule has 6 heteroatoms. The van der Waals surface area contributed by atoms with E-state index in [4.69, 9.17) is 10.7 Å². The zero-order valence-corrected chi connectivity index (χ0v) is 14.4. The summed E-state index contributed by atoms with van der Waals surface area (Å²) in [5, 5.41) is 5.10. The molecule has 0 spiro atoms. The van der Waals surface area contributed by atoms with Crippen LogP contribution in [0.5, 0.6) is 0 Å².